The van der Waals surface area contributed by atoms with Crippen molar-refractivity contribution in [1.29, 1.82) is 0 Å². The lowest BCUT2D eigenvalue weighted by Gasteiger charge is -1.93. The van der Waals surface area contributed by atoms with Crippen LogP contribution in [0.4, 0.5) is 0 Å². The van der Waals surface area contributed by atoms with Crippen molar-refractivity contribution in [2.24, 2.45) is 5.84 Å². The minimum absolute atomic E-state index is 0.332. The summed E-state index contributed by atoms with van der Waals surface area (Å²) >= 11 is 0. The predicted molar refractivity (Wildman–Crippen MR) is 26.4 cm³/mol. The summed E-state index contributed by atoms with van der Waals surface area (Å²) < 4.78 is 4.48. The minimum atomic E-state index is -0.382. The number of carbonyl (C=O) groups is 1. The van der Waals surface area contributed by atoms with E-state index in [0.29, 0.717) is 12.3 Å². The number of nitrogens with two attached hydrogens (primary N) is 1. The van der Waals surface area contributed by atoms with Gasteiger partial charge in [-0.25, -0.2) is 4.79 Å². The summed E-state index contributed by atoms with van der Waals surface area (Å²) in [6.07, 6.45) is 1.59. The molecule has 4 heteroatoms. The van der Waals surface area contributed by atoms with Gasteiger partial charge in [-0.3, -0.25) is 5.84 Å². The van der Waals surface area contributed by atoms with Gasteiger partial charge in [0.1, 0.15) is 12.3 Å². The molecule has 0 radical (unpaired) electrons. The Morgan fingerprint density at radius 3 is 2.88 bits per heavy atom. The second-order valence-electron chi connectivity index (χ2n) is 1.36. The van der Waals surface area contributed by atoms with Gasteiger partial charge in [-0.05, 0) is 6.08 Å². The van der Waals surface area contributed by atoms with E-state index in [2.05, 4.69) is 10.2 Å². The SMILES string of the molecule is NNC1=CCOC1=O. The van der Waals surface area contributed by atoms with Crippen LogP contribution in [0.1, 0.15) is 0 Å². The Morgan fingerprint density at radius 2 is 2.62 bits per heavy atom. The van der Waals surface area contributed by atoms with E-state index in [0.717, 1.165) is 0 Å². The summed E-state index contributed by atoms with van der Waals surface area (Å²) in [7, 11) is 0. The Kier molecular flexibility index (Phi) is 1.17. The third-order valence-electron chi connectivity index (χ3n) is 0.877. The average Bonchev–Trinajstić information content (AvgIpc) is 2.14. The monoisotopic (exact) mass is 114 g/mol. The molecule has 0 aromatic carbocycles. The third-order valence-corrected chi connectivity index (χ3v) is 0.877. The van der Waals surface area contributed by atoms with Gasteiger partial charge < -0.3 is 10.2 Å². The van der Waals surface area contributed by atoms with Crippen LogP contribution in [0.3, 0.4) is 0 Å². The van der Waals surface area contributed by atoms with E-state index in [9.17, 15) is 4.79 Å². The maximum absolute atomic E-state index is 10.4. The van der Waals surface area contributed by atoms with E-state index in [-0.39, 0.29) is 5.97 Å². The lowest BCUT2D eigenvalue weighted by atomic mass is 10.5. The van der Waals surface area contributed by atoms with E-state index in [1.54, 1.807) is 6.08 Å². The fraction of sp³-hybridized carbons (Fsp3) is 0.250. The molecule has 0 unspecified atom stereocenters. The number of ether oxygens (including phenoxy) is 1. The number of cyclic esters (lactones) is 1. The van der Waals surface area contributed by atoms with Crippen molar-refractivity contribution in [1.82, 2.24) is 5.43 Å². The fourth-order valence-corrected chi connectivity index (χ4v) is 0.480. The molecule has 8 heavy (non-hydrogen) atoms. The number of nitrogens with one attached hydrogen (secondary N) is 1. The molecule has 1 aliphatic heterocycles. The van der Waals surface area contributed by atoms with Crippen LogP contribution in [0, 0.1) is 0 Å². The highest BCUT2D eigenvalue weighted by Gasteiger charge is 2.13. The average molecular weight is 114 g/mol. The first-order valence-electron chi connectivity index (χ1n) is 2.18. The van der Waals surface area contributed by atoms with Crippen LogP contribution in [-0.4, -0.2) is 12.6 Å². The summed E-state index contributed by atoms with van der Waals surface area (Å²) in [6, 6.07) is 0. The van der Waals surface area contributed by atoms with Gasteiger partial charge in [-0.2, -0.15) is 0 Å². The lowest BCUT2D eigenvalue weighted by Crippen LogP contribution is -2.24. The highest BCUT2D eigenvalue weighted by atomic mass is 16.5. The van der Waals surface area contributed by atoms with Gasteiger partial charge in [0.05, 0.1) is 0 Å². The smallest absolute Gasteiger partial charge is 0.355 e. The second-order valence-corrected chi connectivity index (χ2v) is 1.36. The van der Waals surface area contributed by atoms with Crippen molar-refractivity contribution in [3.8, 4) is 0 Å². The standard InChI is InChI=1S/C4H6N2O2/c5-6-3-1-2-8-4(3)7/h1,6H,2,5H2. The van der Waals surface area contributed by atoms with Crippen molar-refractivity contribution in [3.05, 3.63) is 11.8 Å². The molecule has 0 spiro atoms. The number of hydrogen-bond donors (Lipinski definition) is 2. The van der Waals surface area contributed by atoms with E-state index in [4.69, 9.17) is 5.84 Å². The Labute approximate surface area is 46.3 Å². The van der Waals surface area contributed by atoms with Crippen LogP contribution in [0.5, 0.6) is 0 Å². The zero-order valence-corrected chi connectivity index (χ0v) is 4.18. The van der Waals surface area contributed by atoms with Crippen molar-refractivity contribution in [3.63, 3.8) is 0 Å². The number of esters is 1. The van der Waals surface area contributed by atoms with Crippen LogP contribution in [0.25, 0.3) is 0 Å². The van der Waals surface area contributed by atoms with Crippen molar-refractivity contribution in [2.75, 3.05) is 6.61 Å². The predicted octanol–water partition coefficient (Wildman–Crippen LogP) is -1.11. The molecule has 0 aromatic rings. The van der Waals surface area contributed by atoms with E-state index >= 15 is 0 Å². The minimum Gasteiger partial charge on any atom is -0.457 e. The Balaban J connectivity index is 2.62. The second kappa shape index (κ2) is 1.83. The van der Waals surface area contributed by atoms with Gasteiger partial charge >= 0.3 is 5.97 Å². The molecule has 0 fully saturated rings. The molecular formula is C4H6N2O2. The number of rotatable bonds is 1. The van der Waals surface area contributed by atoms with Crippen molar-refractivity contribution < 1.29 is 9.53 Å². The molecule has 0 atom stereocenters. The first kappa shape index (κ1) is 5.11. The zero-order chi connectivity index (χ0) is 5.98. The van der Waals surface area contributed by atoms with Gasteiger partial charge in [0.25, 0.3) is 0 Å². The largest absolute Gasteiger partial charge is 0.457 e. The highest BCUT2D eigenvalue weighted by Crippen LogP contribution is 1.99. The highest BCUT2D eigenvalue weighted by molar-refractivity contribution is 5.89. The number of hydrazine groups is 1. The molecule has 3 N–H and O–H groups in total. The Hall–Kier alpha value is -1.03. The molecule has 0 saturated carbocycles. The van der Waals surface area contributed by atoms with Crippen molar-refractivity contribution >= 4 is 5.97 Å². The van der Waals surface area contributed by atoms with Crippen molar-refractivity contribution in [2.45, 2.75) is 0 Å². The molecule has 1 heterocycles. The van der Waals surface area contributed by atoms with Gasteiger partial charge in [0, 0.05) is 0 Å². The first-order valence-corrected chi connectivity index (χ1v) is 2.18. The van der Waals surface area contributed by atoms with Crippen LogP contribution < -0.4 is 11.3 Å². The van der Waals surface area contributed by atoms with Gasteiger partial charge in [-0.15, -0.1) is 0 Å². The summed E-state index contributed by atoms with van der Waals surface area (Å²) in [4.78, 5) is 10.4. The van der Waals surface area contributed by atoms with Gasteiger partial charge in [0.15, 0.2) is 0 Å². The van der Waals surface area contributed by atoms with E-state index in [1.807, 2.05) is 0 Å². The molecular weight excluding hydrogens is 108 g/mol. The van der Waals surface area contributed by atoms with Crippen LogP contribution >= 0.6 is 0 Å². The number of carbonyl (C=O) groups excluding carboxylic acids is 1. The molecule has 0 amide bonds. The van der Waals surface area contributed by atoms with Crippen LogP contribution in [0.2, 0.25) is 0 Å². The molecule has 4 nitrogen and oxygen atoms in total. The van der Waals surface area contributed by atoms with Crippen LogP contribution in [0.15, 0.2) is 11.8 Å². The lowest BCUT2D eigenvalue weighted by molar-refractivity contribution is -0.136. The topological polar surface area (TPSA) is 64.3 Å². The van der Waals surface area contributed by atoms with Crippen LogP contribution in [-0.2, 0) is 9.53 Å². The summed E-state index contributed by atoms with van der Waals surface area (Å²) in [5.74, 6) is 4.52. The molecule has 44 valence electrons. The third kappa shape index (κ3) is 0.651. The zero-order valence-electron chi connectivity index (χ0n) is 4.18. The molecule has 0 saturated heterocycles. The molecule has 0 aliphatic carbocycles. The first-order chi connectivity index (χ1) is 3.84. The maximum atomic E-state index is 10.4. The molecule has 1 aliphatic rings. The Bertz CT molecular complexity index is 141. The summed E-state index contributed by atoms with van der Waals surface area (Å²) in [5.41, 5.74) is 2.54. The molecule has 1 rings (SSSR count). The van der Waals surface area contributed by atoms with E-state index < -0.39 is 0 Å². The normalized spacial score (nSPS) is 17.6. The number of hydrogen-bond acceptors (Lipinski definition) is 4. The molecule has 0 bridgehead atoms. The summed E-state index contributed by atoms with van der Waals surface area (Å²) in [6.45, 7) is 0.332. The maximum Gasteiger partial charge on any atom is 0.355 e. The Morgan fingerprint density at radius 1 is 1.88 bits per heavy atom. The fourth-order valence-electron chi connectivity index (χ4n) is 0.480. The van der Waals surface area contributed by atoms with E-state index in [1.165, 1.54) is 0 Å². The van der Waals surface area contributed by atoms with Gasteiger partial charge in [-0.1, -0.05) is 0 Å². The quantitative estimate of drug-likeness (QED) is 0.258. The molecule has 0 aromatic heterocycles. The summed E-state index contributed by atoms with van der Waals surface area (Å²) in [5, 5.41) is 0. The van der Waals surface area contributed by atoms with Gasteiger partial charge in [0.2, 0.25) is 0 Å².